The quantitative estimate of drug-likeness (QED) is 0.103. The molecular weight excluding hydrogens is 691 g/mol. The summed E-state index contributed by atoms with van der Waals surface area (Å²) >= 11 is 3.06. The number of halogens is 6. The SMILES string of the molecule is O=C1C(=O)c2cc(C(F)(F)F)ccc2/C1=C/c1nc2c3nsnc3c3nc(/C=C4\C(=O)C(=O)c5cc(C(F)(F)F)ccc54)sc3c2s1. The van der Waals surface area contributed by atoms with Crippen LogP contribution in [0.4, 0.5) is 26.3 Å². The van der Waals surface area contributed by atoms with E-state index in [2.05, 4.69) is 18.7 Å². The fourth-order valence-corrected chi connectivity index (χ4v) is 8.18. The fourth-order valence-electron chi connectivity index (χ4n) is 5.48. The van der Waals surface area contributed by atoms with Gasteiger partial charge in [0.25, 0.3) is 0 Å². The Morgan fingerprint density at radius 2 is 0.936 bits per heavy atom. The van der Waals surface area contributed by atoms with Crippen LogP contribution in [0, 0.1) is 0 Å². The Hall–Kier alpha value is -5.00. The molecule has 0 saturated carbocycles. The Morgan fingerprint density at radius 3 is 1.32 bits per heavy atom. The maximum Gasteiger partial charge on any atom is 0.416 e. The maximum absolute atomic E-state index is 13.2. The first-order chi connectivity index (χ1) is 22.2. The van der Waals surface area contributed by atoms with Crippen molar-refractivity contribution in [1.29, 1.82) is 0 Å². The summed E-state index contributed by atoms with van der Waals surface area (Å²) in [7, 11) is 0. The largest absolute Gasteiger partial charge is 0.416 e. The summed E-state index contributed by atoms with van der Waals surface area (Å²) < 4.78 is 89.1. The third-order valence-electron chi connectivity index (χ3n) is 7.63. The average molecular weight is 699 g/mol. The summed E-state index contributed by atoms with van der Waals surface area (Å²) in [6.45, 7) is 0. The Labute approximate surface area is 268 Å². The van der Waals surface area contributed by atoms with E-state index >= 15 is 0 Å². The smallest absolute Gasteiger partial charge is 0.285 e. The normalized spacial score (nSPS) is 17.0. The van der Waals surface area contributed by atoms with Crippen LogP contribution >= 0.6 is 34.4 Å². The van der Waals surface area contributed by atoms with Crippen LogP contribution in [0.2, 0.25) is 0 Å². The highest BCUT2D eigenvalue weighted by molar-refractivity contribution is 7.28. The van der Waals surface area contributed by atoms with Gasteiger partial charge >= 0.3 is 12.4 Å². The van der Waals surface area contributed by atoms with Crippen LogP contribution in [0.5, 0.6) is 0 Å². The first-order valence-electron chi connectivity index (χ1n) is 13.1. The molecule has 0 unspecified atom stereocenters. The standard InChI is InChI=1S/C30H8F6N4O4S3/c31-29(32,33)9-1-3-11-13(5-9)23(41)25(43)15(11)7-17-37-21-19-20(40-47-39-19)22-28(27(21)45-17)46-18(38-22)8-16-12-4-2-10(30(34,35)36)6-14(12)24(42)26(16)44/h1-8H/b15-7-,16-8-. The summed E-state index contributed by atoms with van der Waals surface area (Å²) in [4.78, 5) is 60.0. The van der Waals surface area contributed by atoms with Crippen molar-refractivity contribution in [3.05, 3.63) is 79.8 Å². The van der Waals surface area contributed by atoms with Crippen LogP contribution in [0.25, 0.3) is 54.8 Å². The predicted octanol–water partition coefficient (Wildman–Crippen LogP) is 7.56. The zero-order chi connectivity index (χ0) is 33.2. The van der Waals surface area contributed by atoms with Gasteiger partial charge in [0.2, 0.25) is 23.1 Å². The number of alkyl halides is 6. The number of fused-ring (bicyclic) bond motifs is 8. The molecule has 0 spiro atoms. The van der Waals surface area contributed by atoms with Crippen molar-refractivity contribution in [1.82, 2.24) is 18.7 Å². The third-order valence-corrected chi connectivity index (χ3v) is 10.3. The minimum atomic E-state index is -4.71. The van der Waals surface area contributed by atoms with E-state index in [0.29, 0.717) is 43.6 Å². The zero-order valence-electron chi connectivity index (χ0n) is 22.5. The minimum absolute atomic E-state index is 0.0444. The van der Waals surface area contributed by atoms with Crippen LogP contribution in [0.1, 0.15) is 53.0 Å². The second kappa shape index (κ2) is 9.76. The summed E-state index contributed by atoms with van der Waals surface area (Å²) in [5, 5.41) is 0.481. The van der Waals surface area contributed by atoms with Crippen molar-refractivity contribution in [3.63, 3.8) is 0 Å². The van der Waals surface area contributed by atoms with Crippen LogP contribution in [0.15, 0.2) is 36.4 Å². The molecule has 0 fully saturated rings. The van der Waals surface area contributed by atoms with Crippen LogP contribution in [-0.2, 0) is 21.9 Å². The lowest BCUT2D eigenvalue weighted by atomic mass is 10.0. The Kier molecular flexibility index (Phi) is 6.10. The van der Waals surface area contributed by atoms with Gasteiger partial charge in [0.15, 0.2) is 0 Å². The number of Topliss-reactive ketones (excluding diaryl/α,β-unsaturated/α-hetero) is 4. The number of hydrogen-bond donors (Lipinski definition) is 0. The molecule has 8 nitrogen and oxygen atoms in total. The highest BCUT2D eigenvalue weighted by Crippen LogP contribution is 2.43. The van der Waals surface area contributed by atoms with Gasteiger partial charge in [-0.1, -0.05) is 12.1 Å². The van der Waals surface area contributed by atoms with E-state index < -0.39 is 46.6 Å². The molecule has 17 heteroatoms. The number of ketones is 4. The van der Waals surface area contributed by atoms with Gasteiger partial charge in [-0.05, 0) is 47.5 Å². The van der Waals surface area contributed by atoms with Crippen molar-refractivity contribution in [2.24, 2.45) is 0 Å². The van der Waals surface area contributed by atoms with E-state index in [1.165, 1.54) is 12.2 Å². The second-order valence-electron chi connectivity index (χ2n) is 10.4. The molecule has 0 saturated heterocycles. The molecule has 2 aliphatic carbocycles. The lowest BCUT2D eigenvalue weighted by Gasteiger charge is -2.07. The predicted molar refractivity (Wildman–Crippen MR) is 161 cm³/mol. The molecule has 3 heterocycles. The van der Waals surface area contributed by atoms with Gasteiger partial charge in [0.1, 0.15) is 32.1 Å². The van der Waals surface area contributed by atoms with E-state index in [0.717, 1.165) is 58.7 Å². The summed E-state index contributed by atoms with van der Waals surface area (Å²) in [5.41, 5.74) is -1.50. The zero-order valence-corrected chi connectivity index (χ0v) is 25.0. The first kappa shape index (κ1) is 29.4. The second-order valence-corrected chi connectivity index (χ2v) is 13.0. The van der Waals surface area contributed by atoms with E-state index in [9.17, 15) is 45.5 Å². The molecule has 0 amide bonds. The topological polar surface area (TPSA) is 120 Å². The van der Waals surface area contributed by atoms with Crippen LogP contribution in [-0.4, -0.2) is 41.8 Å². The molecule has 8 rings (SSSR count). The molecule has 0 radical (unpaired) electrons. The average Bonchev–Trinajstić information content (AvgIpc) is 3.83. The van der Waals surface area contributed by atoms with E-state index in [1.54, 1.807) is 0 Å². The van der Waals surface area contributed by atoms with Gasteiger partial charge in [0.05, 0.1) is 32.3 Å². The number of allylic oxidation sites excluding steroid dienone is 2. The number of nitrogens with zero attached hydrogens (tertiary/aromatic N) is 4. The molecule has 0 bridgehead atoms. The first-order valence-corrected chi connectivity index (χ1v) is 15.5. The van der Waals surface area contributed by atoms with E-state index in [1.807, 2.05) is 0 Å². The molecule has 232 valence electrons. The number of hydrogen-bond acceptors (Lipinski definition) is 11. The number of carbonyl (C=O) groups is 4. The summed E-state index contributed by atoms with van der Waals surface area (Å²) in [6.07, 6.45) is -6.78. The molecule has 3 aromatic carbocycles. The summed E-state index contributed by atoms with van der Waals surface area (Å²) in [5.74, 6) is -4.09. The highest BCUT2D eigenvalue weighted by Gasteiger charge is 2.39. The van der Waals surface area contributed by atoms with E-state index in [-0.39, 0.29) is 43.4 Å². The molecule has 0 N–H and O–H groups in total. The van der Waals surface area contributed by atoms with Crippen molar-refractivity contribution in [3.8, 4) is 0 Å². The van der Waals surface area contributed by atoms with Crippen molar-refractivity contribution in [2.45, 2.75) is 12.4 Å². The monoisotopic (exact) mass is 698 g/mol. The highest BCUT2D eigenvalue weighted by atomic mass is 32.1. The van der Waals surface area contributed by atoms with Crippen LogP contribution < -0.4 is 0 Å². The number of thiazole rings is 2. The molecular formula is C30H8F6N4O4S3. The van der Waals surface area contributed by atoms with Crippen molar-refractivity contribution < 1.29 is 45.5 Å². The number of benzene rings is 3. The van der Waals surface area contributed by atoms with Gasteiger partial charge in [-0.15, -0.1) is 22.7 Å². The Bertz CT molecular complexity index is 2370. The summed E-state index contributed by atoms with van der Waals surface area (Å²) in [6, 6.07) is 5.00. The molecule has 6 aromatic rings. The van der Waals surface area contributed by atoms with Gasteiger partial charge in [-0.3, -0.25) is 19.2 Å². The van der Waals surface area contributed by atoms with Gasteiger partial charge in [0, 0.05) is 22.3 Å². The van der Waals surface area contributed by atoms with Gasteiger partial charge in [-0.25, -0.2) is 9.97 Å². The van der Waals surface area contributed by atoms with Gasteiger partial charge < -0.3 is 0 Å². The lowest BCUT2D eigenvalue weighted by Crippen LogP contribution is -2.08. The van der Waals surface area contributed by atoms with Crippen molar-refractivity contribution >= 4 is 112 Å². The molecule has 2 aliphatic rings. The minimum Gasteiger partial charge on any atom is -0.285 e. The number of carbonyl (C=O) groups excluding carboxylic acids is 4. The molecule has 0 atom stereocenters. The Morgan fingerprint density at radius 1 is 0.532 bits per heavy atom. The number of aromatic nitrogens is 4. The maximum atomic E-state index is 13.2. The van der Waals surface area contributed by atoms with Crippen molar-refractivity contribution in [2.75, 3.05) is 0 Å². The number of rotatable bonds is 2. The molecule has 47 heavy (non-hydrogen) atoms. The van der Waals surface area contributed by atoms with E-state index in [4.69, 9.17) is 0 Å². The lowest BCUT2D eigenvalue weighted by molar-refractivity contribution is -0.138. The van der Waals surface area contributed by atoms with Crippen LogP contribution in [0.3, 0.4) is 0 Å². The fraction of sp³-hybridized carbons (Fsp3) is 0.0667. The van der Waals surface area contributed by atoms with Gasteiger partial charge in [-0.2, -0.15) is 35.1 Å². The Balaban J connectivity index is 1.26. The molecule has 3 aromatic heterocycles. The molecule has 0 aliphatic heterocycles. The third kappa shape index (κ3) is 4.40.